The first-order chi connectivity index (χ1) is 17.2. The Morgan fingerprint density at radius 1 is 1.14 bits per heavy atom. The molecule has 1 N–H and O–H groups in total. The summed E-state index contributed by atoms with van der Waals surface area (Å²) in [7, 11) is 1.66. The molecule has 0 atom stereocenters. The van der Waals surface area contributed by atoms with Gasteiger partial charge in [0.15, 0.2) is 5.82 Å². The Morgan fingerprint density at radius 3 is 2.69 bits per heavy atom. The highest BCUT2D eigenvalue weighted by Crippen LogP contribution is 2.26. The third-order valence-electron chi connectivity index (χ3n) is 6.05. The van der Waals surface area contributed by atoms with Crippen LogP contribution < -0.4 is 15.0 Å². The number of carbonyl (C=O) groups excluding carboxylic acids is 1. The van der Waals surface area contributed by atoms with Crippen LogP contribution in [0.5, 0.6) is 5.75 Å². The van der Waals surface area contributed by atoms with Gasteiger partial charge in [0, 0.05) is 49.0 Å². The van der Waals surface area contributed by atoms with E-state index >= 15 is 0 Å². The van der Waals surface area contributed by atoms with Crippen LogP contribution in [0.2, 0.25) is 0 Å². The quantitative estimate of drug-likeness (QED) is 0.401. The summed E-state index contributed by atoms with van der Waals surface area (Å²) in [6.45, 7) is 2.12. The average molecular weight is 491 g/mol. The monoisotopic (exact) mass is 490 g/mol. The summed E-state index contributed by atoms with van der Waals surface area (Å²) in [5.41, 5.74) is 2.05. The van der Waals surface area contributed by atoms with E-state index in [-0.39, 0.29) is 11.8 Å². The van der Waals surface area contributed by atoms with Crippen LogP contribution in [0.1, 0.15) is 18.5 Å². The zero-order valence-corrected chi connectivity index (χ0v) is 20.2. The molecule has 35 heavy (non-hydrogen) atoms. The first-order valence-corrected chi connectivity index (χ1v) is 12.4. The molecule has 1 saturated heterocycles. The van der Waals surface area contributed by atoms with Crippen LogP contribution in [0.25, 0.3) is 16.4 Å². The van der Waals surface area contributed by atoms with Crippen molar-refractivity contribution in [2.75, 3.05) is 31.6 Å². The SMILES string of the molecule is COc1ccc(-c2nc(CCNC(=O)C3CCN(c4cc(-n5cncn5)ncn4)CC3)cs2)cc1. The van der Waals surface area contributed by atoms with Crippen molar-refractivity contribution >= 4 is 23.1 Å². The molecule has 5 rings (SSSR count). The van der Waals surface area contributed by atoms with Crippen molar-refractivity contribution in [3.05, 3.63) is 60.4 Å². The molecule has 10 nitrogen and oxygen atoms in total. The van der Waals surface area contributed by atoms with Gasteiger partial charge in [-0.25, -0.2) is 24.6 Å². The third-order valence-corrected chi connectivity index (χ3v) is 6.99. The molecule has 3 aromatic heterocycles. The van der Waals surface area contributed by atoms with Crippen LogP contribution in [0.4, 0.5) is 5.82 Å². The lowest BCUT2D eigenvalue weighted by molar-refractivity contribution is -0.125. The normalized spacial score (nSPS) is 14.1. The molecule has 4 heterocycles. The van der Waals surface area contributed by atoms with Crippen LogP contribution >= 0.6 is 11.3 Å². The average Bonchev–Trinajstić information content (AvgIpc) is 3.62. The molecule has 0 unspecified atom stereocenters. The molecule has 1 fully saturated rings. The molecule has 180 valence electrons. The van der Waals surface area contributed by atoms with E-state index in [1.54, 1.807) is 29.5 Å². The molecule has 0 bridgehead atoms. The summed E-state index contributed by atoms with van der Waals surface area (Å²) >= 11 is 1.61. The summed E-state index contributed by atoms with van der Waals surface area (Å²) in [5.74, 6) is 2.45. The maximum absolute atomic E-state index is 12.7. The van der Waals surface area contributed by atoms with Crippen molar-refractivity contribution < 1.29 is 9.53 Å². The van der Waals surface area contributed by atoms with Crippen molar-refractivity contribution in [1.29, 1.82) is 0 Å². The highest BCUT2D eigenvalue weighted by molar-refractivity contribution is 7.13. The van der Waals surface area contributed by atoms with Crippen LogP contribution in [-0.2, 0) is 11.2 Å². The number of nitrogens with one attached hydrogen (secondary N) is 1. The molecule has 0 saturated carbocycles. The molecule has 0 spiro atoms. The zero-order valence-electron chi connectivity index (χ0n) is 19.4. The smallest absolute Gasteiger partial charge is 0.223 e. The van der Waals surface area contributed by atoms with Crippen LogP contribution in [0, 0.1) is 5.92 Å². The summed E-state index contributed by atoms with van der Waals surface area (Å²) < 4.78 is 6.82. The minimum Gasteiger partial charge on any atom is -0.497 e. The molecule has 1 aromatic carbocycles. The van der Waals surface area contributed by atoms with Gasteiger partial charge in [-0.3, -0.25) is 4.79 Å². The number of thiazole rings is 1. The predicted molar refractivity (Wildman–Crippen MR) is 133 cm³/mol. The number of methoxy groups -OCH3 is 1. The number of benzene rings is 1. The number of ether oxygens (including phenoxy) is 1. The van der Waals surface area contributed by atoms with Crippen LogP contribution in [0.15, 0.2) is 54.7 Å². The van der Waals surface area contributed by atoms with E-state index in [9.17, 15) is 4.79 Å². The minimum absolute atomic E-state index is 0.00756. The minimum atomic E-state index is 0.00756. The number of aromatic nitrogens is 6. The molecule has 4 aromatic rings. The first-order valence-electron chi connectivity index (χ1n) is 11.5. The third kappa shape index (κ3) is 5.46. The first kappa shape index (κ1) is 22.9. The lowest BCUT2D eigenvalue weighted by Gasteiger charge is -2.32. The molecular formula is C24H26N8O2S. The Balaban J connectivity index is 1.08. The number of rotatable bonds is 8. The molecule has 1 amide bonds. The van der Waals surface area contributed by atoms with E-state index in [0.29, 0.717) is 18.8 Å². The predicted octanol–water partition coefficient (Wildman–Crippen LogP) is 2.76. The molecule has 11 heteroatoms. The molecule has 0 aliphatic carbocycles. The van der Waals surface area contributed by atoms with Gasteiger partial charge >= 0.3 is 0 Å². The maximum atomic E-state index is 12.7. The number of amides is 1. The van der Waals surface area contributed by atoms with Gasteiger partial charge in [0.1, 0.15) is 35.6 Å². The van der Waals surface area contributed by atoms with Crippen molar-refractivity contribution in [3.63, 3.8) is 0 Å². The summed E-state index contributed by atoms with van der Waals surface area (Å²) in [4.78, 5) is 32.2. The van der Waals surface area contributed by atoms with Gasteiger partial charge in [-0.05, 0) is 37.1 Å². The van der Waals surface area contributed by atoms with Crippen LogP contribution in [-0.4, -0.2) is 62.4 Å². The lowest BCUT2D eigenvalue weighted by atomic mass is 9.96. The van der Waals surface area contributed by atoms with E-state index in [0.717, 1.165) is 53.8 Å². The Labute approximate surface area is 207 Å². The van der Waals surface area contributed by atoms with Gasteiger partial charge in [0.2, 0.25) is 5.91 Å². The van der Waals surface area contributed by atoms with Crippen molar-refractivity contribution in [3.8, 4) is 22.1 Å². The van der Waals surface area contributed by atoms with Gasteiger partial charge in [-0.1, -0.05) is 0 Å². The summed E-state index contributed by atoms with van der Waals surface area (Å²) in [5, 5.41) is 10.2. The van der Waals surface area contributed by atoms with Crippen LogP contribution in [0.3, 0.4) is 0 Å². The molecular weight excluding hydrogens is 464 g/mol. The number of hydrogen-bond acceptors (Lipinski definition) is 9. The Morgan fingerprint density at radius 2 is 1.94 bits per heavy atom. The number of carbonyl (C=O) groups is 1. The second-order valence-electron chi connectivity index (χ2n) is 8.25. The second-order valence-corrected chi connectivity index (χ2v) is 9.11. The van der Waals surface area contributed by atoms with Gasteiger partial charge in [-0.15, -0.1) is 11.3 Å². The highest BCUT2D eigenvalue weighted by Gasteiger charge is 2.25. The van der Waals surface area contributed by atoms with E-state index < -0.39 is 0 Å². The lowest BCUT2D eigenvalue weighted by Crippen LogP contribution is -2.41. The number of anilines is 1. The highest BCUT2D eigenvalue weighted by atomic mass is 32.1. The van der Waals surface area contributed by atoms with Crippen molar-refractivity contribution in [2.45, 2.75) is 19.3 Å². The van der Waals surface area contributed by atoms with E-state index in [4.69, 9.17) is 9.72 Å². The fourth-order valence-electron chi connectivity index (χ4n) is 4.08. The standard InChI is InChI=1S/C24H26N8O2S/c1-34-20-4-2-18(3-5-20)24-30-19(13-35-24)6-9-26-23(33)17-7-10-31(11-8-17)21-12-22(28-15-27-21)32-16-25-14-29-32/h2-5,12-17H,6-11H2,1H3,(H,26,33). The van der Waals surface area contributed by atoms with E-state index in [1.807, 2.05) is 30.3 Å². The van der Waals surface area contributed by atoms with Gasteiger partial charge in [0.05, 0.1) is 12.8 Å². The largest absolute Gasteiger partial charge is 0.497 e. The van der Waals surface area contributed by atoms with E-state index in [1.165, 1.54) is 12.7 Å². The number of hydrogen-bond donors (Lipinski definition) is 1. The maximum Gasteiger partial charge on any atom is 0.223 e. The summed E-state index contributed by atoms with van der Waals surface area (Å²) in [6, 6.07) is 9.77. The number of piperidine rings is 1. The number of nitrogens with zero attached hydrogens (tertiary/aromatic N) is 7. The molecule has 1 aliphatic heterocycles. The summed E-state index contributed by atoms with van der Waals surface area (Å²) in [6.07, 6.45) is 6.89. The van der Waals surface area contributed by atoms with Gasteiger partial charge in [0.25, 0.3) is 0 Å². The fourth-order valence-corrected chi connectivity index (χ4v) is 4.94. The molecule has 0 radical (unpaired) electrons. The van der Waals surface area contributed by atoms with E-state index in [2.05, 4.69) is 35.6 Å². The Hall–Kier alpha value is -3.86. The van der Waals surface area contributed by atoms with Crippen molar-refractivity contribution in [2.24, 2.45) is 5.92 Å². The second kappa shape index (κ2) is 10.6. The Kier molecular flexibility index (Phi) is 6.94. The van der Waals surface area contributed by atoms with Crippen molar-refractivity contribution in [1.82, 2.24) is 35.0 Å². The fraction of sp³-hybridized carbons (Fsp3) is 0.333. The topological polar surface area (TPSA) is 111 Å². The van der Waals surface area contributed by atoms with Gasteiger partial charge < -0.3 is 15.0 Å². The zero-order chi connectivity index (χ0) is 24.0. The van der Waals surface area contributed by atoms with Gasteiger partial charge in [-0.2, -0.15) is 5.10 Å². The molecule has 1 aliphatic rings. The Bertz CT molecular complexity index is 1250.